The summed E-state index contributed by atoms with van der Waals surface area (Å²) in [5.74, 6) is 0.0123. The monoisotopic (exact) mass is 334 g/mol. The first kappa shape index (κ1) is 17.1. The van der Waals surface area contributed by atoms with Crippen molar-refractivity contribution in [1.82, 2.24) is 9.88 Å². The van der Waals surface area contributed by atoms with Gasteiger partial charge in [-0.2, -0.15) is 5.26 Å². The lowest BCUT2D eigenvalue weighted by atomic mass is 10.1. The van der Waals surface area contributed by atoms with E-state index in [1.165, 1.54) is 6.42 Å². The van der Waals surface area contributed by atoms with E-state index in [1.807, 2.05) is 18.3 Å². The van der Waals surface area contributed by atoms with Crippen molar-refractivity contribution >= 4 is 11.6 Å². The molecular weight excluding hydrogens is 312 g/mol. The van der Waals surface area contributed by atoms with E-state index >= 15 is 0 Å². The highest BCUT2D eigenvalue weighted by molar-refractivity contribution is 5.90. The first-order chi connectivity index (χ1) is 12.3. The predicted molar refractivity (Wildman–Crippen MR) is 96.8 cm³/mol. The van der Waals surface area contributed by atoms with Gasteiger partial charge in [-0.25, -0.2) is 0 Å². The van der Waals surface area contributed by atoms with Crippen LogP contribution in [-0.4, -0.2) is 28.9 Å². The second kappa shape index (κ2) is 8.41. The quantitative estimate of drug-likeness (QED) is 0.878. The van der Waals surface area contributed by atoms with Gasteiger partial charge >= 0.3 is 0 Å². The van der Waals surface area contributed by atoms with Crippen molar-refractivity contribution in [2.75, 3.05) is 18.4 Å². The summed E-state index contributed by atoms with van der Waals surface area (Å²) in [7, 11) is 0. The van der Waals surface area contributed by atoms with Crippen molar-refractivity contribution in [1.29, 1.82) is 5.26 Å². The van der Waals surface area contributed by atoms with Crippen molar-refractivity contribution in [3.05, 3.63) is 59.9 Å². The fourth-order valence-electron chi connectivity index (χ4n) is 3.30. The van der Waals surface area contributed by atoms with Gasteiger partial charge in [0, 0.05) is 18.3 Å². The Morgan fingerprint density at radius 1 is 1.28 bits per heavy atom. The molecule has 1 aliphatic rings. The summed E-state index contributed by atoms with van der Waals surface area (Å²) in [6, 6.07) is 15.4. The molecule has 1 saturated heterocycles. The van der Waals surface area contributed by atoms with E-state index in [4.69, 9.17) is 5.26 Å². The third-order valence-electron chi connectivity index (χ3n) is 4.54. The number of hydrogen-bond donors (Lipinski definition) is 1. The molecule has 0 radical (unpaired) electrons. The van der Waals surface area contributed by atoms with Crippen molar-refractivity contribution in [2.45, 2.75) is 31.7 Å². The Balaban J connectivity index is 1.45. The van der Waals surface area contributed by atoms with Gasteiger partial charge in [0.1, 0.15) is 0 Å². The number of amides is 1. The SMILES string of the molecule is N#Cc1ccc(NC(=O)CCCN2CCC[C@@H]2c2ccccn2)cc1. The molecule has 1 aromatic carbocycles. The van der Waals surface area contributed by atoms with Crippen LogP contribution in [0.4, 0.5) is 5.69 Å². The fourth-order valence-corrected chi connectivity index (χ4v) is 3.30. The van der Waals surface area contributed by atoms with E-state index in [-0.39, 0.29) is 5.91 Å². The molecule has 25 heavy (non-hydrogen) atoms. The summed E-state index contributed by atoms with van der Waals surface area (Å²) < 4.78 is 0. The van der Waals surface area contributed by atoms with Crippen LogP contribution < -0.4 is 5.32 Å². The van der Waals surface area contributed by atoms with Crippen LogP contribution >= 0.6 is 0 Å². The summed E-state index contributed by atoms with van der Waals surface area (Å²) in [6.45, 7) is 1.97. The molecule has 0 bridgehead atoms. The van der Waals surface area contributed by atoms with Gasteiger partial charge in [-0.05, 0) is 68.8 Å². The van der Waals surface area contributed by atoms with Crippen molar-refractivity contribution in [3.8, 4) is 6.07 Å². The number of hydrogen-bond acceptors (Lipinski definition) is 4. The van der Waals surface area contributed by atoms with E-state index in [2.05, 4.69) is 27.3 Å². The number of aromatic nitrogens is 1. The van der Waals surface area contributed by atoms with Gasteiger partial charge in [-0.1, -0.05) is 6.07 Å². The normalized spacial score (nSPS) is 17.2. The highest BCUT2D eigenvalue weighted by Gasteiger charge is 2.26. The average molecular weight is 334 g/mol. The van der Waals surface area contributed by atoms with Crippen LogP contribution in [0.25, 0.3) is 0 Å². The number of pyridine rings is 1. The molecule has 3 rings (SSSR count). The Hall–Kier alpha value is -2.71. The zero-order valence-electron chi connectivity index (χ0n) is 14.2. The van der Waals surface area contributed by atoms with Crippen LogP contribution in [0.5, 0.6) is 0 Å². The number of nitrogens with one attached hydrogen (secondary N) is 1. The number of carbonyl (C=O) groups excluding carboxylic acids is 1. The lowest BCUT2D eigenvalue weighted by molar-refractivity contribution is -0.116. The standard InChI is InChI=1S/C20H22N4O/c21-15-16-8-10-17(11-9-16)23-20(25)7-4-14-24-13-3-6-19(24)18-5-1-2-12-22-18/h1-2,5,8-12,19H,3-4,6-7,13-14H2,(H,23,25)/t19-/m1/s1. The van der Waals surface area contributed by atoms with Gasteiger partial charge in [0.15, 0.2) is 0 Å². The Bertz CT molecular complexity index is 737. The molecule has 1 N–H and O–H groups in total. The molecule has 0 aliphatic carbocycles. The van der Waals surface area contributed by atoms with Crippen LogP contribution in [0, 0.1) is 11.3 Å². The molecule has 0 saturated carbocycles. The second-order valence-corrected chi connectivity index (χ2v) is 6.29. The van der Waals surface area contributed by atoms with E-state index in [0.717, 1.165) is 37.3 Å². The number of rotatable bonds is 6. The van der Waals surface area contributed by atoms with E-state index in [1.54, 1.807) is 24.3 Å². The molecule has 2 aromatic rings. The van der Waals surface area contributed by atoms with Crippen molar-refractivity contribution < 1.29 is 4.79 Å². The molecular formula is C20H22N4O. The molecule has 0 unspecified atom stereocenters. The van der Waals surface area contributed by atoms with Gasteiger partial charge in [-0.3, -0.25) is 14.7 Å². The Kier molecular flexibility index (Phi) is 5.76. The summed E-state index contributed by atoms with van der Waals surface area (Å²) in [4.78, 5) is 19.0. The second-order valence-electron chi connectivity index (χ2n) is 6.29. The van der Waals surface area contributed by atoms with Gasteiger partial charge in [0.2, 0.25) is 5.91 Å². The average Bonchev–Trinajstić information content (AvgIpc) is 3.11. The topological polar surface area (TPSA) is 69.0 Å². The van der Waals surface area contributed by atoms with Crippen LogP contribution in [0.15, 0.2) is 48.7 Å². The predicted octanol–water partition coefficient (Wildman–Crippen LogP) is 3.51. The van der Waals surface area contributed by atoms with Crippen molar-refractivity contribution in [2.24, 2.45) is 0 Å². The maximum atomic E-state index is 12.1. The summed E-state index contributed by atoms with van der Waals surface area (Å²) in [5, 5.41) is 11.7. The number of nitrogens with zero attached hydrogens (tertiary/aromatic N) is 3. The molecule has 0 spiro atoms. The van der Waals surface area contributed by atoms with Gasteiger partial charge in [0.05, 0.1) is 23.4 Å². The molecule has 1 atom stereocenters. The van der Waals surface area contributed by atoms with Crippen LogP contribution in [0.3, 0.4) is 0 Å². The van der Waals surface area contributed by atoms with E-state index < -0.39 is 0 Å². The lowest BCUT2D eigenvalue weighted by Gasteiger charge is -2.23. The van der Waals surface area contributed by atoms with Gasteiger partial charge < -0.3 is 5.32 Å². The Morgan fingerprint density at radius 3 is 2.84 bits per heavy atom. The lowest BCUT2D eigenvalue weighted by Crippen LogP contribution is -2.26. The Labute approximate surface area is 148 Å². The van der Waals surface area contributed by atoms with Crippen LogP contribution in [0.2, 0.25) is 0 Å². The zero-order chi connectivity index (χ0) is 17.5. The molecule has 1 fully saturated rings. The highest BCUT2D eigenvalue weighted by Crippen LogP contribution is 2.30. The minimum Gasteiger partial charge on any atom is -0.326 e. The first-order valence-electron chi connectivity index (χ1n) is 8.71. The fraction of sp³-hybridized carbons (Fsp3) is 0.350. The third-order valence-corrected chi connectivity index (χ3v) is 4.54. The van der Waals surface area contributed by atoms with Gasteiger partial charge in [-0.15, -0.1) is 0 Å². The molecule has 128 valence electrons. The van der Waals surface area contributed by atoms with E-state index in [9.17, 15) is 4.79 Å². The number of carbonyl (C=O) groups is 1. The molecule has 1 aromatic heterocycles. The number of likely N-dealkylation sites (tertiary alicyclic amines) is 1. The van der Waals surface area contributed by atoms with Crippen LogP contribution in [0.1, 0.15) is 43.0 Å². The first-order valence-corrected chi connectivity index (χ1v) is 8.71. The zero-order valence-corrected chi connectivity index (χ0v) is 14.2. The maximum Gasteiger partial charge on any atom is 0.224 e. The molecule has 5 heteroatoms. The molecule has 5 nitrogen and oxygen atoms in total. The summed E-state index contributed by atoms with van der Waals surface area (Å²) >= 11 is 0. The van der Waals surface area contributed by atoms with Gasteiger partial charge in [0.25, 0.3) is 0 Å². The molecule has 1 amide bonds. The summed E-state index contributed by atoms with van der Waals surface area (Å²) in [6.07, 6.45) is 5.47. The minimum atomic E-state index is 0.0123. The van der Waals surface area contributed by atoms with Crippen LogP contribution in [-0.2, 0) is 4.79 Å². The number of benzene rings is 1. The van der Waals surface area contributed by atoms with E-state index in [0.29, 0.717) is 18.0 Å². The Morgan fingerprint density at radius 2 is 2.12 bits per heavy atom. The summed E-state index contributed by atoms with van der Waals surface area (Å²) in [5.41, 5.74) is 2.45. The highest BCUT2D eigenvalue weighted by atomic mass is 16.1. The number of anilines is 1. The molecule has 2 heterocycles. The van der Waals surface area contributed by atoms with Crippen molar-refractivity contribution in [3.63, 3.8) is 0 Å². The largest absolute Gasteiger partial charge is 0.326 e. The minimum absolute atomic E-state index is 0.0123. The smallest absolute Gasteiger partial charge is 0.224 e. The maximum absolute atomic E-state index is 12.1. The third kappa shape index (κ3) is 4.65. The number of nitriles is 1. The molecule has 1 aliphatic heterocycles.